The highest BCUT2D eigenvalue weighted by Gasteiger charge is 2.32. The van der Waals surface area contributed by atoms with E-state index < -0.39 is 6.17 Å². The molecule has 2 aromatic rings. The maximum absolute atomic E-state index is 13.0. The van der Waals surface area contributed by atoms with Crippen LogP contribution in [-0.2, 0) is 24.1 Å². The fraction of sp³-hybridized carbons (Fsp3) is 0.731. The van der Waals surface area contributed by atoms with E-state index in [0.717, 1.165) is 59.9 Å². The number of aryl methyl sites for hydroxylation is 1. The number of hydrogen-bond donors (Lipinski definition) is 0. The van der Waals surface area contributed by atoms with Gasteiger partial charge in [-0.3, -0.25) is 4.79 Å². The molecule has 0 spiro atoms. The number of halogens is 1. The second kappa shape index (κ2) is 11.1. The topological polar surface area (TPSA) is 55.3 Å². The molecular weight excluding hydrogens is 469 g/mol. The molecule has 34 heavy (non-hydrogen) atoms. The van der Waals surface area contributed by atoms with E-state index in [4.69, 9.17) is 9.72 Å². The average molecular weight is 506 g/mol. The van der Waals surface area contributed by atoms with E-state index in [-0.39, 0.29) is 6.10 Å². The zero-order valence-corrected chi connectivity index (χ0v) is 21.8. The zero-order chi connectivity index (χ0) is 23.5. The van der Waals surface area contributed by atoms with Gasteiger partial charge in [-0.1, -0.05) is 24.2 Å². The Kier molecular flexibility index (Phi) is 7.96. The fourth-order valence-electron chi connectivity index (χ4n) is 5.57. The van der Waals surface area contributed by atoms with Crippen LogP contribution in [0.1, 0.15) is 71.8 Å². The van der Waals surface area contributed by atoms with Crippen LogP contribution in [0, 0.1) is 18.8 Å². The van der Waals surface area contributed by atoms with Gasteiger partial charge in [0.2, 0.25) is 0 Å². The number of carbonyl (C=O) groups excluding carboxylic acids is 1. The van der Waals surface area contributed by atoms with E-state index in [2.05, 4.69) is 9.88 Å². The molecule has 5 nitrogen and oxygen atoms in total. The maximum atomic E-state index is 13.0. The van der Waals surface area contributed by atoms with E-state index in [1.807, 2.05) is 13.1 Å². The highest BCUT2D eigenvalue weighted by atomic mass is 32.1. The van der Waals surface area contributed by atoms with Gasteiger partial charge in [-0.15, -0.1) is 11.3 Å². The van der Waals surface area contributed by atoms with E-state index in [0.29, 0.717) is 31.0 Å². The fourth-order valence-corrected chi connectivity index (χ4v) is 7.40. The molecule has 186 valence electrons. The lowest BCUT2D eigenvalue weighted by atomic mass is 9.78. The minimum atomic E-state index is -0.688. The minimum Gasteiger partial charge on any atom is -0.466 e. The van der Waals surface area contributed by atoms with Crippen molar-refractivity contribution in [3.63, 3.8) is 0 Å². The summed E-state index contributed by atoms with van der Waals surface area (Å²) in [6.45, 7) is 5.31. The number of hydrogen-bond acceptors (Lipinski definition) is 7. The van der Waals surface area contributed by atoms with Crippen LogP contribution in [0.15, 0.2) is 6.20 Å². The number of rotatable bonds is 9. The third kappa shape index (κ3) is 6.43. The molecule has 2 saturated carbocycles. The SMILES string of the molecule is Cc1ncc(CC(=O)CC2CCC(CCN3CCc4nc(OC5CC(F)C5)sc4CC3)CC2)s1. The smallest absolute Gasteiger partial charge is 0.273 e. The molecule has 0 unspecified atom stereocenters. The number of thiazole rings is 2. The molecule has 1 aliphatic heterocycles. The molecule has 3 heterocycles. The van der Waals surface area contributed by atoms with Crippen LogP contribution >= 0.6 is 22.7 Å². The van der Waals surface area contributed by atoms with Gasteiger partial charge >= 0.3 is 0 Å². The quantitative estimate of drug-likeness (QED) is 0.445. The Morgan fingerprint density at radius 1 is 1.15 bits per heavy atom. The predicted molar refractivity (Wildman–Crippen MR) is 135 cm³/mol. The first-order valence-electron chi connectivity index (χ1n) is 12.9. The van der Waals surface area contributed by atoms with E-state index in [1.54, 1.807) is 22.7 Å². The van der Waals surface area contributed by atoms with Crippen molar-refractivity contribution < 1.29 is 13.9 Å². The number of alkyl halides is 1. The predicted octanol–water partition coefficient (Wildman–Crippen LogP) is 5.59. The van der Waals surface area contributed by atoms with Gasteiger partial charge in [0.25, 0.3) is 5.19 Å². The van der Waals surface area contributed by atoms with Crippen molar-refractivity contribution in [1.82, 2.24) is 14.9 Å². The molecule has 2 fully saturated rings. The van der Waals surface area contributed by atoms with Gasteiger partial charge in [0, 0.05) is 61.1 Å². The van der Waals surface area contributed by atoms with Crippen molar-refractivity contribution in [1.29, 1.82) is 0 Å². The molecule has 0 amide bonds. The second-order valence-corrected chi connectivity index (χ2v) is 12.8. The number of carbonyl (C=O) groups is 1. The van der Waals surface area contributed by atoms with Gasteiger partial charge in [0.05, 0.1) is 10.7 Å². The number of fused-ring (bicyclic) bond motifs is 1. The van der Waals surface area contributed by atoms with Crippen LogP contribution in [0.2, 0.25) is 0 Å². The summed E-state index contributed by atoms with van der Waals surface area (Å²) in [5.41, 5.74) is 1.19. The minimum absolute atomic E-state index is 0.0251. The summed E-state index contributed by atoms with van der Waals surface area (Å²) in [6.07, 6.45) is 11.8. The molecule has 2 aliphatic carbocycles. The van der Waals surface area contributed by atoms with Gasteiger partial charge in [-0.2, -0.15) is 0 Å². The van der Waals surface area contributed by atoms with Crippen LogP contribution in [0.4, 0.5) is 4.39 Å². The molecule has 8 heteroatoms. The highest BCUT2D eigenvalue weighted by molar-refractivity contribution is 7.13. The highest BCUT2D eigenvalue weighted by Crippen LogP contribution is 2.35. The van der Waals surface area contributed by atoms with Crippen LogP contribution < -0.4 is 4.74 Å². The number of Topliss-reactive ketones (excluding diaryl/α,β-unsaturated/α-hetero) is 1. The van der Waals surface area contributed by atoms with Crippen LogP contribution in [0.25, 0.3) is 0 Å². The first-order chi connectivity index (χ1) is 16.5. The first-order valence-corrected chi connectivity index (χ1v) is 14.6. The van der Waals surface area contributed by atoms with Gasteiger partial charge in [0.1, 0.15) is 18.1 Å². The van der Waals surface area contributed by atoms with E-state index >= 15 is 0 Å². The summed E-state index contributed by atoms with van der Waals surface area (Å²) >= 11 is 3.31. The van der Waals surface area contributed by atoms with Crippen LogP contribution in [-0.4, -0.2) is 52.6 Å². The third-order valence-corrected chi connectivity index (χ3v) is 9.72. The zero-order valence-electron chi connectivity index (χ0n) is 20.1. The largest absolute Gasteiger partial charge is 0.466 e. The third-order valence-electron chi connectivity index (χ3n) is 7.76. The van der Waals surface area contributed by atoms with E-state index in [9.17, 15) is 9.18 Å². The number of nitrogens with zero attached hydrogens (tertiary/aromatic N) is 3. The lowest BCUT2D eigenvalue weighted by molar-refractivity contribution is -0.119. The van der Waals surface area contributed by atoms with Crippen molar-refractivity contribution in [2.45, 2.75) is 89.8 Å². The Labute approximate surface area is 210 Å². The van der Waals surface area contributed by atoms with Crippen LogP contribution in [0.3, 0.4) is 0 Å². The number of ether oxygens (including phenoxy) is 1. The van der Waals surface area contributed by atoms with Crippen molar-refractivity contribution in [2.75, 3.05) is 19.6 Å². The summed E-state index contributed by atoms with van der Waals surface area (Å²) in [7, 11) is 0. The number of ketones is 1. The second-order valence-electron chi connectivity index (χ2n) is 10.4. The Morgan fingerprint density at radius 2 is 1.91 bits per heavy atom. The van der Waals surface area contributed by atoms with Gasteiger partial charge in [0.15, 0.2) is 0 Å². The normalized spacial score (nSPS) is 27.6. The molecule has 0 N–H and O–H groups in total. The maximum Gasteiger partial charge on any atom is 0.273 e. The Morgan fingerprint density at radius 3 is 2.65 bits per heavy atom. The Hall–Kier alpha value is -1.38. The van der Waals surface area contributed by atoms with Crippen LogP contribution in [0.5, 0.6) is 5.19 Å². The van der Waals surface area contributed by atoms with Gasteiger partial charge < -0.3 is 9.64 Å². The van der Waals surface area contributed by atoms with Gasteiger partial charge in [-0.05, 0) is 51.0 Å². The summed E-state index contributed by atoms with van der Waals surface area (Å²) in [6, 6.07) is 0. The number of aromatic nitrogens is 2. The summed E-state index contributed by atoms with van der Waals surface area (Å²) in [5, 5.41) is 1.78. The molecule has 5 rings (SSSR count). The summed E-state index contributed by atoms with van der Waals surface area (Å²) in [5.74, 6) is 1.75. The molecule has 0 saturated heterocycles. The van der Waals surface area contributed by atoms with Crippen molar-refractivity contribution in [3.8, 4) is 5.19 Å². The molecule has 0 radical (unpaired) electrons. The van der Waals surface area contributed by atoms with E-state index in [1.165, 1.54) is 42.7 Å². The lowest BCUT2D eigenvalue weighted by Crippen LogP contribution is -2.34. The Balaban J connectivity index is 0.987. The molecule has 3 aliphatic rings. The summed E-state index contributed by atoms with van der Waals surface area (Å²) in [4.78, 5) is 26.5. The monoisotopic (exact) mass is 505 g/mol. The Bertz CT molecular complexity index is 938. The lowest BCUT2D eigenvalue weighted by Gasteiger charge is -2.30. The van der Waals surface area contributed by atoms with Crippen molar-refractivity contribution in [3.05, 3.63) is 26.7 Å². The molecular formula is C26H36FN3O2S2. The molecule has 2 aromatic heterocycles. The van der Waals surface area contributed by atoms with Crippen molar-refractivity contribution in [2.24, 2.45) is 11.8 Å². The molecule has 0 aromatic carbocycles. The molecule has 0 bridgehead atoms. The molecule has 0 atom stereocenters. The van der Waals surface area contributed by atoms with Crippen molar-refractivity contribution >= 4 is 28.5 Å². The standard InChI is InChI=1S/C26H36FN3O2S2/c1-17-28-16-23(33-17)15-21(31)12-19-4-2-18(3-5-19)6-9-30-10-7-24-25(8-11-30)34-26(29-24)32-22-13-20(27)14-22/h16,18-20,22H,2-15H2,1H3. The van der Waals surface area contributed by atoms with Gasteiger partial charge in [-0.25, -0.2) is 14.4 Å². The summed E-state index contributed by atoms with van der Waals surface area (Å²) < 4.78 is 18.9. The first kappa shape index (κ1) is 24.3. The average Bonchev–Trinajstić information content (AvgIpc) is 3.33.